The smallest absolute Gasteiger partial charge is 0.261 e. The summed E-state index contributed by atoms with van der Waals surface area (Å²) in [5.41, 5.74) is 46.7. The number of aliphatic imine (C=N–C) groups is 4. The van der Waals surface area contributed by atoms with Crippen LogP contribution in [0.2, 0.25) is 15.3 Å². The van der Waals surface area contributed by atoms with Crippen molar-refractivity contribution in [2.45, 2.75) is 25.5 Å². The van der Waals surface area contributed by atoms with Gasteiger partial charge in [-0.2, -0.15) is 30.6 Å². The largest absolute Gasteiger partial charge is 0.501 e. The summed E-state index contributed by atoms with van der Waals surface area (Å²) in [6.45, 7) is 17.5. The van der Waals surface area contributed by atoms with Gasteiger partial charge in [0.2, 0.25) is 5.69 Å². The van der Waals surface area contributed by atoms with Crippen LogP contribution in [0.25, 0.3) is 99.2 Å². The predicted octanol–water partition coefficient (Wildman–Crippen LogP) is 12.1. The number of Topliss-reactive ketones (excluding diaryl/α,β-unsaturated/α-hetero) is 4. The van der Waals surface area contributed by atoms with Gasteiger partial charge in [-0.3, -0.25) is 62.6 Å². The molecule has 32 heteroatoms. The number of fused-ring (bicyclic) bond motifs is 4. The monoisotopic (exact) mass is 1620 g/mol. The zero-order chi connectivity index (χ0) is 82.2. The number of carbonyl (C=O) groups is 4. The van der Waals surface area contributed by atoms with Gasteiger partial charge in [-0.05, 0) is 77.1 Å². The summed E-state index contributed by atoms with van der Waals surface area (Å²) in [4.78, 5) is 73.5. The molecule has 0 spiro atoms. The third-order valence-corrected chi connectivity index (χ3v) is 21.8. The van der Waals surface area contributed by atoms with Gasteiger partial charge in [0.25, 0.3) is 5.82 Å². The van der Waals surface area contributed by atoms with Crippen LogP contribution in [0.5, 0.6) is 5.75 Å². The highest BCUT2D eigenvalue weighted by Crippen LogP contribution is 2.47. The lowest BCUT2D eigenvalue weighted by Crippen LogP contribution is -2.24. The topological polar surface area (TPSA) is 364 Å². The predicted molar refractivity (Wildman–Crippen MR) is 452 cm³/mol. The van der Waals surface area contributed by atoms with Crippen molar-refractivity contribution in [3.05, 3.63) is 247 Å². The Morgan fingerprint density at radius 2 is 0.735 bits per heavy atom. The van der Waals surface area contributed by atoms with Crippen LogP contribution in [0.1, 0.15) is 82.1 Å². The van der Waals surface area contributed by atoms with E-state index >= 15 is 0 Å². The van der Waals surface area contributed by atoms with Crippen molar-refractivity contribution in [2.75, 3.05) is 52.4 Å². The molecule has 586 valence electrons. The number of ether oxygens (including phenoxy) is 1. The second-order valence-electron chi connectivity index (χ2n) is 28.0. The average Bonchev–Trinajstić information content (AvgIpc) is 1.72. The summed E-state index contributed by atoms with van der Waals surface area (Å²) in [5.74, 6) is 0.902. The van der Waals surface area contributed by atoms with Crippen molar-refractivity contribution < 1.29 is 23.9 Å². The molecule has 1 saturated carbocycles. The van der Waals surface area contributed by atoms with Gasteiger partial charge >= 0.3 is 0 Å². The molecule has 0 bridgehead atoms. The van der Waals surface area contributed by atoms with Gasteiger partial charge in [0.15, 0.2) is 23.1 Å². The zero-order valence-corrected chi connectivity index (χ0v) is 66.6. The van der Waals surface area contributed by atoms with E-state index in [1.165, 1.54) is 0 Å². The quantitative estimate of drug-likeness (QED) is 0.0653. The van der Waals surface area contributed by atoms with Gasteiger partial charge in [0.1, 0.15) is 42.2 Å². The minimum absolute atomic E-state index is 0.000364. The molecule has 6 aromatic carbocycles. The first-order valence-corrected chi connectivity index (χ1v) is 38.2. The van der Waals surface area contributed by atoms with E-state index in [1.807, 2.05) is 131 Å². The Morgan fingerprint density at radius 1 is 0.385 bits per heavy atom. The number of rotatable bonds is 16. The van der Waals surface area contributed by atoms with Crippen molar-refractivity contribution >= 4 is 92.3 Å². The summed E-state index contributed by atoms with van der Waals surface area (Å²) < 4.78 is 17.9. The first-order chi connectivity index (χ1) is 56.6. The fraction of sp³-hybridized carbons (Fsp3) is 0.212. The Labute approximate surface area is 685 Å². The number of nitrogens with two attached hydrogens (primary N) is 4. The van der Waals surface area contributed by atoms with Gasteiger partial charge in [0.05, 0.1) is 126 Å². The lowest BCUT2D eigenvalue weighted by molar-refractivity contribution is 0.0992. The fourth-order valence-corrected chi connectivity index (χ4v) is 15.4. The summed E-state index contributed by atoms with van der Waals surface area (Å²) in [7, 11) is 10.9. The molecule has 8 N–H and O–H groups in total. The van der Waals surface area contributed by atoms with Crippen LogP contribution in [0.4, 0.5) is 11.5 Å². The van der Waals surface area contributed by atoms with Crippen LogP contribution in [-0.2, 0) is 48.8 Å². The van der Waals surface area contributed by atoms with E-state index < -0.39 is 0 Å². The third-order valence-electron chi connectivity index (χ3n) is 20.8. The highest BCUT2D eigenvalue weighted by molar-refractivity contribution is 6.33. The molecule has 29 nitrogen and oxygen atoms in total. The van der Waals surface area contributed by atoms with Gasteiger partial charge in [0, 0.05) is 144 Å². The van der Waals surface area contributed by atoms with Crippen molar-refractivity contribution in [1.29, 1.82) is 0 Å². The Hall–Kier alpha value is -13.4. The highest BCUT2D eigenvalue weighted by Gasteiger charge is 2.32. The molecule has 117 heavy (non-hydrogen) atoms. The Morgan fingerprint density at radius 3 is 1.10 bits per heavy atom. The fourth-order valence-electron chi connectivity index (χ4n) is 14.7. The molecule has 7 aromatic heterocycles. The number of halogens is 3. The first-order valence-electron chi connectivity index (χ1n) is 37.1. The molecular weight excluding hydrogens is 1540 g/mol. The normalized spacial score (nSPS) is 13.9. The van der Waals surface area contributed by atoms with Gasteiger partial charge < -0.3 is 32.5 Å². The van der Waals surface area contributed by atoms with Crippen molar-refractivity contribution in [3.8, 4) is 95.3 Å². The van der Waals surface area contributed by atoms with E-state index in [0.717, 1.165) is 136 Å². The summed E-state index contributed by atoms with van der Waals surface area (Å²) in [6.07, 6.45) is 14.3. The number of benzene rings is 6. The molecule has 1 fully saturated rings. The minimum atomic E-state index is -0.0258. The maximum Gasteiger partial charge on any atom is 0.261 e. The van der Waals surface area contributed by atoms with Crippen LogP contribution in [0.3, 0.4) is 0 Å². The van der Waals surface area contributed by atoms with E-state index in [1.54, 1.807) is 102 Å². The van der Waals surface area contributed by atoms with Gasteiger partial charge in [-0.25, -0.2) is 14.2 Å². The van der Waals surface area contributed by atoms with E-state index in [-0.39, 0.29) is 81.6 Å². The molecule has 18 rings (SSSR count). The Bertz CT molecular complexity index is 6420. The van der Waals surface area contributed by atoms with E-state index in [0.29, 0.717) is 78.2 Å². The number of carbonyl (C=O) groups excluding carboxylic acids is 4. The lowest BCUT2D eigenvalue weighted by Gasteiger charge is -2.17. The molecule has 13 aromatic rings. The van der Waals surface area contributed by atoms with Crippen LogP contribution >= 0.6 is 34.8 Å². The summed E-state index contributed by atoms with van der Waals surface area (Å²) >= 11 is 19.6. The van der Waals surface area contributed by atoms with Crippen LogP contribution in [0.15, 0.2) is 179 Å². The SMILES string of the molecule is Cn1ncc(-c2c(-c3ccc4c(c3)C(CN)=NCC4=O)cnn2C)c1Cl.Cn1ncc(-c2ccc3c(c2)C(CN)=NCC3=O)c1-c1cnn(Cc2ccccc2)c1Cl.[C-]#[N+]c1c(-c2c(-c3ccc4c(c3)C(CN)=NCC4=O)cnn2C)cnn1C.[C-]#[N+]c1c(OC2CC2)cc(Cl)cc1-c1c(-c2ccc3c(c2)C(CN)=NCC3=O)cnn1C. The molecule has 0 unspecified atom stereocenters. The molecular formula is C85H75Cl3N24O5. The van der Waals surface area contributed by atoms with Crippen molar-refractivity contribution in [1.82, 2.24) is 68.5 Å². The number of nitrogens with zero attached hydrogens (tertiary/aromatic N) is 20. The standard InChI is InChI=1S/C24H21ClN6O.C24H20ClN5O2.C19H17N7O.C18H17ClN6O/c1-30-23(20-12-29-31(24(20)25)14-15-5-3-2-4-6-15)19(11-28-30)16-7-8-17-18(9-16)21(10-26)27-13-22(17)32;1-27-23-18(8-14(25)9-22(23)32-15-4-5-15)24-19(11-29-30(24)2)13-3-6-16-17(7-13)20(10-26)28-12-21(16)31;1-21-19-15(9-24-26(19)3)18-14(8-23-25(18)2)11-4-5-12-13(6-11)16(7-20)22-10-17(12)27;1-24-17(14-8-23-25(2)18(14)19)13(7-22-24)10-3-4-11-12(5-10)15(6-20)21-9-16(11)26/h2-9,11-12H,10,13-14,26H2,1H3;3,6-9,11,15H,4-5,10,12,26H2,2H3;4-6,8-9H,7,10,20H2,2-3H3;3-5,7-8H,6,9,20H2,1-2H3. The van der Waals surface area contributed by atoms with Gasteiger partial charge in [-0.1, -0.05) is 120 Å². The lowest BCUT2D eigenvalue weighted by atomic mass is 9.91. The van der Waals surface area contributed by atoms with E-state index in [9.17, 15) is 19.2 Å². The summed E-state index contributed by atoms with van der Waals surface area (Å²) in [5, 5.41) is 32.2. The van der Waals surface area contributed by atoms with E-state index in [2.05, 4.69) is 65.4 Å². The minimum Gasteiger partial charge on any atom is -0.501 e. The number of ketones is 4. The molecule has 0 amide bonds. The highest BCUT2D eigenvalue weighted by atomic mass is 35.5. The maximum atomic E-state index is 12.3. The average molecular weight is 1620 g/mol. The first kappa shape index (κ1) is 78.9. The second kappa shape index (κ2) is 33.2. The zero-order valence-electron chi connectivity index (χ0n) is 64.3. The molecule has 0 saturated heterocycles. The van der Waals surface area contributed by atoms with Crippen LogP contribution in [-0.4, -0.2) is 173 Å². The van der Waals surface area contributed by atoms with E-state index in [4.69, 9.17) is 75.6 Å². The van der Waals surface area contributed by atoms with Crippen LogP contribution < -0.4 is 27.7 Å². The second-order valence-corrected chi connectivity index (χ2v) is 29.2. The number of hydrogen-bond donors (Lipinski definition) is 4. The summed E-state index contributed by atoms with van der Waals surface area (Å²) in [6, 6.07) is 36.2. The van der Waals surface area contributed by atoms with Crippen molar-refractivity contribution in [2.24, 2.45) is 85.2 Å². The number of aryl methyl sites for hydroxylation is 6. The molecule has 1 aliphatic carbocycles. The molecule has 0 radical (unpaired) electrons. The molecule has 5 aliphatic rings. The molecule has 4 aliphatic heterocycles. The van der Waals surface area contributed by atoms with Gasteiger partial charge in [-0.15, -0.1) is 5.10 Å². The van der Waals surface area contributed by atoms with Crippen LogP contribution in [0, 0.1) is 13.1 Å². The molecule has 0 atom stereocenters. The molecule has 11 heterocycles. The number of aromatic nitrogens is 14. The Kier molecular flexibility index (Phi) is 22.4. The number of hydrogen-bond acceptors (Lipinski definition) is 20. The maximum absolute atomic E-state index is 12.3. The van der Waals surface area contributed by atoms with Crippen molar-refractivity contribution in [3.63, 3.8) is 0 Å². The third kappa shape index (κ3) is 15.3. The Balaban J connectivity index is 0.000000123.